The minimum Gasteiger partial charge on any atom is -0.495 e. The number of hydrogen-bond donors (Lipinski definition) is 0. The Bertz CT molecular complexity index is 595. The number of hydrogen-bond acceptors (Lipinski definition) is 3. The summed E-state index contributed by atoms with van der Waals surface area (Å²) in [6, 6.07) is 7.57. The average molecular weight is 360 g/mol. The van der Waals surface area contributed by atoms with Crippen LogP contribution in [0.5, 0.6) is 11.5 Å². The molecule has 0 spiro atoms. The lowest BCUT2D eigenvalue weighted by Gasteiger charge is -2.16. The van der Waals surface area contributed by atoms with Gasteiger partial charge in [0.2, 0.25) is 0 Å². The van der Waals surface area contributed by atoms with E-state index in [0.717, 1.165) is 22.2 Å². The molecule has 1 heterocycles. The molecule has 1 unspecified atom stereocenters. The van der Waals surface area contributed by atoms with Gasteiger partial charge in [-0.25, -0.2) is 0 Å². The summed E-state index contributed by atoms with van der Waals surface area (Å²) in [5.74, 6) is 2.97. The first kappa shape index (κ1) is 15.3. The molecule has 108 valence electrons. The molecule has 0 aliphatic heterocycles. The quantitative estimate of drug-likeness (QED) is 0.708. The van der Waals surface area contributed by atoms with Crippen LogP contribution >= 0.6 is 27.5 Å². The third kappa shape index (κ3) is 2.81. The normalized spacial score (nSPS) is 12.2. The second kappa shape index (κ2) is 6.55. The molecule has 3 nitrogen and oxygen atoms in total. The maximum atomic E-state index is 6.52. The molecule has 0 amide bonds. The Morgan fingerprint density at radius 3 is 2.50 bits per heavy atom. The van der Waals surface area contributed by atoms with E-state index in [-0.39, 0.29) is 0 Å². The fourth-order valence-corrected chi connectivity index (χ4v) is 2.97. The van der Waals surface area contributed by atoms with Crippen LogP contribution in [0.2, 0.25) is 0 Å². The summed E-state index contributed by atoms with van der Waals surface area (Å²) in [7, 11) is 3.21. The lowest BCUT2D eigenvalue weighted by atomic mass is 10.1. The van der Waals surface area contributed by atoms with Crippen LogP contribution in [-0.2, 0) is 6.42 Å². The van der Waals surface area contributed by atoms with Gasteiger partial charge in [-0.3, -0.25) is 0 Å². The van der Waals surface area contributed by atoms with E-state index in [1.807, 2.05) is 31.2 Å². The SMILES string of the molecule is CCc1ccc(C(Cl)c2ccc(OC)c(Br)c2OC)o1. The first-order chi connectivity index (χ1) is 9.62. The van der Waals surface area contributed by atoms with Gasteiger partial charge in [0, 0.05) is 12.0 Å². The number of halogens is 2. The van der Waals surface area contributed by atoms with Gasteiger partial charge in [-0.15, -0.1) is 11.6 Å². The molecule has 0 N–H and O–H groups in total. The summed E-state index contributed by atoms with van der Waals surface area (Å²) in [6.45, 7) is 2.04. The summed E-state index contributed by atoms with van der Waals surface area (Å²) < 4.78 is 17.2. The summed E-state index contributed by atoms with van der Waals surface area (Å²) in [5.41, 5.74) is 0.832. The Kier molecular flexibility index (Phi) is 5.00. The van der Waals surface area contributed by atoms with Gasteiger partial charge in [0.25, 0.3) is 0 Å². The summed E-state index contributed by atoms with van der Waals surface area (Å²) in [6.07, 6.45) is 0.840. The highest BCUT2D eigenvalue weighted by Gasteiger charge is 2.22. The molecule has 0 radical (unpaired) electrons. The van der Waals surface area contributed by atoms with Crippen molar-refractivity contribution in [1.29, 1.82) is 0 Å². The predicted octanol–water partition coefficient (Wildman–Crippen LogP) is 4.95. The Balaban J connectivity index is 2.43. The van der Waals surface area contributed by atoms with E-state index in [0.29, 0.717) is 17.3 Å². The first-order valence-electron chi connectivity index (χ1n) is 6.25. The van der Waals surface area contributed by atoms with Crippen LogP contribution in [0.1, 0.15) is 29.4 Å². The number of alkyl halides is 1. The van der Waals surface area contributed by atoms with Crippen LogP contribution in [-0.4, -0.2) is 14.2 Å². The lowest BCUT2D eigenvalue weighted by Crippen LogP contribution is -1.99. The standard InChI is InChI=1S/C15H16BrClO3/c1-4-9-5-7-12(20-9)14(17)10-6-8-11(18-2)13(16)15(10)19-3/h5-8,14H,4H2,1-3H3. The molecule has 0 aliphatic rings. The fourth-order valence-electron chi connectivity index (χ4n) is 1.99. The highest BCUT2D eigenvalue weighted by Crippen LogP contribution is 2.43. The molecule has 1 aromatic heterocycles. The van der Waals surface area contributed by atoms with E-state index in [9.17, 15) is 0 Å². The molecule has 20 heavy (non-hydrogen) atoms. The topological polar surface area (TPSA) is 31.6 Å². The van der Waals surface area contributed by atoms with Crippen molar-refractivity contribution in [2.45, 2.75) is 18.7 Å². The van der Waals surface area contributed by atoms with Gasteiger partial charge >= 0.3 is 0 Å². The van der Waals surface area contributed by atoms with E-state index in [2.05, 4.69) is 15.9 Å². The first-order valence-corrected chi connectivity index (χ1v) is 7.48. The third-order valence-electron chi connectivity index (χ3n) is 3.07. The zero-order valence-corrected chi connectivity index (χ0v) is 13.9. The van der Waals surface area contributed by atoms with Crippen molar-refractivity contribution in [3.8, 4) is 11.5 Å². The smallest absolute Gasteiger partial charge is 0.141 e. The molecule has 0 aliphatic carbocycles. The van der Waals surface area contributed by atoms with Gasteiger partial charge in [-0.05, 0) is 40.2 Å². The fraction of sp³-hybridized carbons (Fsp3) is 0.333. The molecule has 0 fully saturated rings. The van der Waals surface area contributed by atoms with E-state index >= 15 is 0 Å². The van der Waals surface area contributed by atoms with Gasteiger partial charge in [0.05, 0.1) is 14.2 Å². The molecule has 0 saturated carbocycles. The number of furan rings is 1. The lowest BCUT2D eigenvalue weighted by molar-refractivity contribution is 0.385. The zero-order valence-electron chi connectivity index (χ0n) is 11.6. The Morgan fingerprint density at radius 1 is 1.20 bits per heavy atom. The minimum atomic E-state index is -0.410. The number of aryl methyl sites for hydroxylation is 1. The van der Waals surface area contributed by atoms with E-state index in [4.69, 9.17) is 25.5 Å². The van der Waals surface area contributed by atoms with Crippen molar-refractivity contribution in [2.24, 2.45) is 0 Å². The maximum Gasteiger partial charge on any atom is 0.141 e. The van der Waals surface area contributed by atoms with Gasteiger partial charge < -0.3 is 13.9 Å². The number of methoxy groups -OCH3 is 2. The van der Waals surface area contributed by atoms with Crippen molar-refractivity contribution in [2.75, 3.05) is 14.2 Å². The largest absolute Gasteiger partial charge is 0.495 e. The third-order valence-corrected chi connectivity index (χ3v) is 4.27. The maximum absolute atomic E-state index is 6.52. The van der Waals surface area contributed by atoms with Crippen LogP contribution in [0, 0.1) is 0 Å². The molecule has 0 saturated heterocycles. The van der Waals surface area contributed by atoms with Crippen LogP contribution in [0.3, 0.4) is 0 Å². The van der Waals surface area contributed by atoms with Gasteiger partial charge in [-0.1, -0.05) is 6.92 Å². The van der Waals surface area contributed by atoms with E-state index in [1.165, 1.54) is 0 Å². The molecule has 1 aromatic carbocycles. The molecule has 2 aromatic rings. The molecule has 2 rings (SSSR count). The zero-order chi connectivity index (χ0) is 14.7. The summed E-state index contributed by atoms with van der Waals surface area (Å²) in [5, 5.41) is -0.410. The van der Waals surface area contributed by atoms with Crippen LogP contribution in [0.15, 0.2) is 33.2 Å². The summed E-state index contributed by atoms with van der Waals surface area (Å²) >= 11 is 9.99. The Hall–Kier alpha value is -1.13. The second-order valence-electron chi connectivity index (χ2n) is 4.22. The molecule has 1 atom stereocenters. The Labute approximate surface area is 132 Å². The highest BCUT2D eigenvalue weighted by molar-refractivity contribution is 9.10. The van der Waals surface area contributed by atoms with Crippen LogP contribution < -0.4 is 9.47 Å². The number of benzene rings is 1. The van der Waals surface area contributed by atoms with Gasteiger partial charge in [0.15, 0.2) is 0 Å². The molecule has 0 bridgehead atoms. The molecular formula is C15H16BrClO3. The van der Waals surface area contributed by atoms with Gasteiger partial charge in [-0.2, -0.15) is 0 Å². The van der Waals surface area contributed by atoms with Crippen LogP contribution in [0.4, 0.5) is 0 Å². The minimum absolute atomic E-state index is 0.410. The predicted molar refractivity (Wildman–Crippen MR) is 83.0 cm³/mol. The van der Waals surface area contributed by atoms with Crippen molar-refractivity contribution < 1.29 is 13.9 Å². The van der Waals surface area contributed by atoms with Crippen molar-refractivity contribution in [3.05, 3.63) is 45.8 Å². The van der Waals surface area contributed by atoms with Crippen molar-refractivity contribution in [1.82, 2.24) is 0 Å². The number of ether oxygens (including phenoxy) is 2. The van der Waals surface area contributed by atoms with E-state index in [1.54, 1.807) is 14.2 Å². The average Bonchev–Trinajstić information content (AvgIpc) is 2.95. The second-order valence-corrected chi connectivity index (χ2v) is 5.45. The van der Waals surface area contributed by atoms with Crippen molar-refractivity contribution >= 4 is 27.5 Å². The molecular weight excluding hydrogens is 344 g/mol. The number of rotatable bonds is 5. The molecule has 5 heteroatoms. The van der Waals surface area contributed by atoms with E-state index < -0.39 is 5.38 Å². The summed E-state index contributed by atoms with van der Waals surface area (Å²) in [4.78, 5) is 0. The van der Waals surface area contributed by atoms with Crippen molar-refractivity contribution in [3.63, 3.8) is 0 Å². The Morgan fingerprint density at radius 2 is 1.95 bits per heavy atom. The van der Waals surface area contributed by atoms with Gasteiger partial charge in [0.1, 0.15) is 32.9 Å². The monoisotopic (exact) mass is 358 g/mol. The highest BCUT2D eigenvalue weighted by atomic mass is 79.9. The van der Waals surface area contributed by atoms with Crippen LogP contribution in [0.25, 0.3) is 0 Å².